The molecule has 1 aromatic carbocycles. The minimum absolute atomic E-state index is 0.0627. The monoisotopic (exact) mass is 379 g/mol. The highest BCUT2D eigenvalue weighted by Gasteiger charge is 2.36. The summed E-state index contributed by atoms with van der Waals surface area (Å²) in [5.74, 6) is -0.524. The second-order valence-electron chi connectivity index (χ2n) is 5.90. The summed E-state index contributed by atoms with van der Waals surface area (Å²) in [7, 11) is 2.88. The summed E-state index contributed by atoms with van der Waals surface area (Å²) >= 11 is 5.47. The van der Waals surface area contributed by atoms with Gasteiger partial charge in [0.15, 0.2) is 5.11 Å². The molecule has 1 N–H and O–H groups in total. The van der Waals surface area contributed by atoms with Crippen LogP contribution in [0.25, 0.3) is 0 Å². The minimum atomic E-state index is -0.638. The smallest absolute Gasteiger partial charge is 0.337 e. The van der Waals surface area contributed by atoms with E-state index in [9.17, 15) is 14.9 Å². The molecule has 0 radical (unpaired) electrons. The van der Waals surface area contributed by atoms with Gasteiger partial charge in [0.05, 0.1) is 36.3 Å². The number of allylic oxidation sites excluding steroid dienone is 1. The lowest BCUT2D eigenvalue weighted by atomic mass is 9.94. The molecular formula is C17H21N3O5S. The summed E-state index contributed by atoms with van der Waals surface area (Å²) in [5.41, 5.74) is 1.47. The Morgan fingerprint density at radius 1 is 1.46 bits per heavy atom. The van der Waals surface area contributed by atoms with Crippen molar-refractivity contribution in [1.29, 1.82) is 0 Å². The first kappa shape index (κ1) is 19.8. The number of hydrogen-bond acceptors (Lipinski definition) is 6. The van der Waals surface area contributed by atoms with Gasteiger partial charge >= 0.3 is 5.97 Å². The minimum Gasteiger partial charge on any atom is -0.466 e. The molecule has 8 nitrogen and oxygen atoms in total. The molecule has 0 spiro atoms. The van der Waals surface area contributed by atoms with E-state index < -0.39 is 16.9 Å². The zero-order valence-corrected chi connectivity index (χ0v) is 15.8. The molecule has 0 unspecified atom stereocenters. The summed E-state index contributed by atoms with van der Waals surface area (Å²) in [5, 5.41) is 14.6. The van der Waals surface area contributed by atoms with Crippen LogP contribution in [0.1, 0.15) is 25.5 Å². The van der Waals surface area contributed by atoms with E-state index in [0.29, 0.717) is 28.6 Å². The van der Waals surface area contributed by atoms with Crippen molar-refractivity contribution < 1.29 is 19.2 Å². The summed E-state index contributed by atoms with van der Waals surface area (Å²) < 4.78 is 10.1. The van der Waals surface area contributed by atoms with Crippen molar-refractivity contribution in [3.63, 3.8) is 0 Å². The molecule has 0 aromatic heterocycles. The predicted molar refractivity (Wildman–Crippen MR) is 99.5 cm³/mol. The van der Waals surface area contributed by atoms with Crippen LogP contribution >= 0.6 is 12.2 Å². The van der Waals surface area contributed by atoms with E-state index in [-0.39, 0.29) is 11.7 Å². The number of non-ortho nitro benzene ring substituents is 1. The Morgan fingerprint density at radius 3 is 2.73 bits per heavy atom. The van der Waals surface area contributed by atoms with Crippen LogP contribution in [0.2, 0.25) is 0 Å². The maximum atomic E-state index is 12.5. The standard InChI is InChI=1S/C17H21N3O5S/c1-10(9-24-3)19-11(2)14(16(21)25-4)15(18-17(19)26)12-6-5-7-13(8-12)20(22)23/h5-8,10,15H,9H2,1-4H3,(H,18,26)/t10-,15-/m1/s1. The Bertz CT molecular complexity index is 765. The molecule has 9 heteroatoms. The fourth-order valence-electron chi connectivity index (χ4n) is 3.05. The third kappa shape index (κ3) is 3.83. The topological polar surface area (TPSA) is 93.9 Å². The summed E-state index contributed by atoms with van der Waals surface area (Å²) in [6.07, 6.45) is 0. The number of methoxy groups -OCH3 is 2. The second-order valence-corrected chi connectivity index (χ2v) is 6.29. The van der Waals surface area contributed by atoms with Crippen molar-refractivity contribution in [2.24, 2.45) is 0 Å². The molecule has 1 aliphatic rings. The van der Waals surface area contributed by atoms with Gasteiger partial charge in [0.2, 0.25) is 0 Å². The quantitative estimate of drug-likeness (QED) is 0.348. The molecule has 0 saturated heterocycles. The Morgan fingerprint density at radius 2 is 2.15 bits per heavy atom. The van der Waals surface area contributed by atoms with Gasteiger partial charge in [-0.3, -0.25) is 10.1 Å². The zero-order valence-electron chi connectivity index (χ0n) is 15.0. The molecule has 1 aliphatic heterocycles. The largest absolute Gasteiger partial charge is 0.466 e. The summed E-state index contributed by atoms with van der Waals surface area (Å²) in [6.45, 7) is 4.11. The number of carbonyl (C=O) groups is 1. The van der Waals surface area contributed by atoms with Crippen molar-refractivity contribution in [3.8, 4) is 0 Å². The molecular weight excluding hydrogens is 358 g/mol. The van der Waals surface area contributed by atoms with Crippen molar-refractivity contribution in [2.45, 2.75) is 25.9 Å². The van der Waals surface area contributed by atoms with Crippen LogP contribution in [0.5, 0.6) is 0 Å². The van der Waals surface area contributed by atoms with Gasteiger partial charge in [-0.15, -0.1) is 0 Å². The van der Waals surface area contributed by atoms with E-state index in [0.717, 1.165) is 0 Å². The van der Waals surface area contributed by atoms with Gasteiger partial charge in [-0.25, -0.2) is 4.79 Å². The van der Waals surface area contributed by atoms with Gasteiger partial charge in [0, 0.05) is 24.9 Å². The third-order valence-corrected chi connectivity index (χ3v) is 4.51. The van der Waals surface area contributed by atoms with Crippen molar-refractivity contribution in [1.82, 2.24) is 10.2 Å². The highest BCUT2D eigenvalue weighted by molar-refractivity contribution is 7.80. The lowest BCUT2D eigenvalue weighted by Gasteiger charge is -2.40. The van der Waals surface area contributed by atoms with Crippen LogP contribution in [0.15, 0.2) is 35.5 Å². The van der Waals surface area contributed by atoms with Crippen LogP contribution in [0, 0.1) is 10.1 Å². The van der Waals surface area contributed by atoms with Crippen LogP contribution in [0.3, 0.4) is 0 Å². The SMILES string of the molecule is COC[C@@H](C)N1C(=S)N[C@H](c2cccc([N+](=O)[O-])c2)C(C(=O)OC)=C1C. The van der Waals surface area contributed by atoms with Gasteiger partial charge in [-0.1, -0.05) is 12.1 Å². The number of hydrogen-bond donors (Lipinski definition) is 1. The number of nitrogens with zero attached hydrogens (tertiary/aromatic N) is 2. The lowest BCUT2D eigenvalue weighted by molar-refractivity contribution is -0.384. The fraction of sp³-hybridized carbons (Fsp3) is 0.412. The molecule has 140 valence electrons. The highest BCUT2D eigenvalue weighted by atomic mass is 32.1. The molecule has 0 amide bonds. The van der Waals surface area contributed by atoms with E-state index in [1.54, 1.807) is 31.1 Å². The third-order valence-electron chi connectivity index (χ3n) is 4.19. The number of nitrogens with one attached hydrogen (secondary N) is 1. The molecule has 0 aliphatic carbocycles. The Kier molecular flexibility index (Phi) is 6.27. The molecule has 0 saturated carbocycles. The Labute approximate surface area is 156 Å². The van der Waals surface area contributed by atoms with E-state index in [1.165, 1.54) is 19.2 Å². The van der Waals surface area contributed by atoms with E-state index in [4.69, 9.17) is 21.7 Å². The first-order chi connectivity index (χ1) is 12.3. The molecule has 2 atom stereocenters. The number of carbonyl (C=O) groups excluding carboxylic acids is 1. The number of ether oxygens (including phenoxy) is 2. The molecule has 0 bridgehead atoms. The average molecular weight is 379 g/mol. The summed E-state index contributed by atoms with van der Waals surface area (Å²) in [4.78, 5) is 24.9. The highest BCUT2D eigenvalue weighted by Crippen LogP contribution is 2.33. The number of benzene rings is 1. The van der Waals surface area contributed by atoms with E-state index in [1.807, 2.05) is 6.92 Å². The molecule has 1 aromatic rings. The number of nitro benzene ring substituents is 1. The number of esters is 1. The maximum Gasteiger partial charge on any atom is 0.337 e. The van der Waals surface area contributed by atoms with Gasteiger partial charge < -0.3 is 19.7 Å². The van der Waals surface area contributed by atoms with Crippen LogP contribution in [0.4, 0.5) is 5.69 Å². The number of thiocarbonyl (C=S) groups is 1. The maximum absolute atomic E-state index is 12.5. The van der Waals surface area contributed by atoms with E-state index in [2.05, 4.69) is 5.32 Å². The number of rotatable bonds is 6. The normalized spacial score (nSPS) is 18.4. The summed E-state index contributed by atoms with van der Waals surface area (Å²) in [6, 6.07) is 5.35. The first-order valence-electron chi connectivity index (χ1n) is 7.93. The van der Waals surface area contributed by atoms with Gasteiger partial charge in [-0.2, -0.15) is 0 Å². The van der Waals surface area contributed by atoms with E-state index >= 15 is 0 Å². The molecule has 2 rings (SSSR count). The van der Waals surface area contributed by atoms with Gasteiger partial charge in [0.25, 0.3) is 5.69 Å². The molecule has 0 fully saturated rings. The predicted octanol–water partition coefficient (Wildman–Crippen LogP) is 2.31. The van der Waals surface area contributed by atoms with Gasteiger partial charge in [0.1, 0.15) is 0 Å². The zero-order chi connectivity index (χ0) is 19.4. The Balaban J connectivity index is 2.56. The van der Waals surface area contributed by atoms with Crippen LogP contribution < -0.4 is 5.32 Å². The van der Waals surface area contributed by atoms with Crippen molar-refractivity contribution in [2.75, 3.05) is 20.8 Å². The Hall–Kier alpha value is -2.52. The van der Waals surface area contributed by atoms with Gasteiger partial charge in [-0.05, 0) is 31.6 Å². The molecule has 26 heavy (non-hydrogen) atoms. The number of nitro groups is 1. The average Bonchev–Trinajstić information content (AvgIpc) is 2.61. The van der Waals surface area contributed by atoms with Crippen LogP contribution in [-0.4, -0.2) is 47.8 Å². The van der Waals surface area contributed by atoms with Crippen LogP contribution in [-0.2, 0) is 14.3 Å². The first-order valence-corrected chi connectivity index (χ1v) is 8.34. The second kappa shape index (κ2) is 8.24. The van der Waals surface area contributed by atoms with Crippen molar-refractivity contribution >= 4 is 29.0 Å². The fourth-order valence-corrected chi connectivity index (χ4v) is 3.48. The lowest BCUT2D eigenvalue weighted by Crippen LogP contribution is -2.52. The van der Waals surface area contributed by atoms with Crippen molar-refractivity contribution in [3.05, 3.63) is 51.2 Å². The molecule has 1 heterocycles.